The Kier molecular flexibility index (Phi) is 4.43. The highest BCUT2D eigenvalue weighted by molar-refractivity contribution is 5.78. The molecule has 1 aromatic rings. The van der Waals surface area contributed by atoms with Crippen molar-refractivity contribution < 1.29 is 9.53 Å². The Balaban J connectivity index is 1.88. The smallest absolute Gasteiger partial charge is 0.260 e. The van der Waals surface area contributed by atoms with Crippen LogP contribution in [0.2, 0.25) is 0 Å². The lowest BCUT2D eigenvalue weighted by atomic mass is 10.1. The van der Waals surface area contributed by atoms with E-state index in [-0.39, 0.29) is 12.5 Å². The van der Waals surface area contributed by atoms with Gasteiger partial charge in [0.1, 0.15) is 5.75 Å². The van der Waals surface area contributed by atoms with Gasteiger partial charge in [0.05, 0.1) is 0 Å². The molecule has 1 heterocycles. The molecule has 4 nitrogen and oxygen atoms in total. The van der Waals surface area contributed by atoms with E-state index in [0.29, 0.717) is 0 Å². The van der Waals surface area contributed by atoms with E-state index < -0.39 is 0 Å². The maximum Gasteiger partial charge on any atom is 0.260 e. The lowest BCUT2D eigenvalue weighted by Gasteiger charge is -2.32. The van der Waals surface area contributed by atoms with Crippen LogP contribution >= 0.6 is 0 Å². The molecule has 0 aliphatic carbocycles. The van der Waals surface area contributed by atoms with Gasteiger partial charge in [0.25, 0.3) is 5.91 Å². The summed E-state index contributed by atoms with van der Waals surface area (Å²) < 4.78 is 5.65. The number of amides is 1. The molecule has 4 heteroatoms. The first-order valence-corrected chi connectivity index (χ1v) is 6.73. The number of carbonyl (C=O) groups excluding carboxylic acids is 1. The summed E-state index contributed by atoms with van der Waals surface area (Å²) in [5, 5.41) is 0. The van der Waals surface area contributed by atoms with Gasteiger partial charge in [-0.25, -0.2) is 0 Å². The average molecular weight is 262 g/mol. The number of likely N-dealkylation sites (N-methyl/N-ethyl adjacent to an activating group) is 1. The number of aryl methyl sites for hydroxylation is 1. The van der Waals surface area contributed by atoms with E-state index in [1.165, 1.54) is 5.56 Å². The van der Waals surface area contributed by atoms with Crippen LogP contribution in [0.3, 0.4) is 0 Å². The summed E-state index contributed by atoms with van der Waals surface area (Å²) in [6.07, 6.45) is 0. The predicted molar refractivity (Wildman–Crippen MR) is 75.5 cm³/mol. The van der Waals surface area contributed by atoms with Gasteiger partial charge in [0.2, 0.25) is 0 Å². The second-order valence-electron chi connectivity index (χ2n) is 5.17. The largest absolute Gasteiger partial charge is 0.483 e. The van der Waals surface area contributed by atoms with Crippen molar-refractivity contribution in [2.75, 3.05) is 39.8 Å². The molecule has 2 rings (SSSR count). The van der Waals surface area contributed by atoms with Gasteiger partial charge in [-0.2, -0.15) is 0 Å². The summed E-state index contributed by atoms with van der Waals surface area (Å²) in [7, 11) is 2.08. The van der Waals surface area contributed by atoms with Gasteiger partial charge in [-0.1, -0.05) is 12.1 Å². The fraction of sp³-hybridized carbons (Fsp3) is 0.533. The van der Waals surface area contributed by atoms with Crippen molar-refractivity contribution in [1.29, 1.82) is 0 Å². The molecule has 1 aromatic carbocycles. The molecule has 0 radical (unpaired) electrons. The van der Waals surface area contributed by atoms with E-state index in [0.717, 1.165) is 37.5 Å². The topological polar surface area (TPSA) is 32.8 Å². The minimum Gasteiger partial charge on any atom is -0.483 e. The number of piperazine rings is 1. The van der Waals surface area contributed by atoms with Crippen molar-refractivity contribution in [3.63, 3.8) is 0 Å². The first-order valence-electron chi connectivity index (χ1n) is 6.73. The molecular formula is C15H22N2O2. The number of hydrogen-bond donors (Lipinski definition) is 0. The number of rotatable bonds is 3. The summed E-state index contributed by atoms with van der Waals surface area (Å²) >= 11 is 0. The molecule has 0 aromatic heterocycles. The number of nitrogens with zero attached hydrogens (tertiary/aromatic N) is 2. The van der Waals surface area contributed by atoms with E-state index >= 15 is 0 Å². The molecule has 1 amide bonds. The monoisotopic (exact) mass is 262 g/mol. The van der Waals surface area contributed by atoms with Crippen molar-refractivity contribution >= 4 is 5.91 Å². The second kappa shape index (κ2) is 6.06. The first-order chi connectivity index (χ1) is 9.08. The average Bonchev–Trinajstić information content (AvgIpc) is 2.41. The molecule has 0 bridgehead atoms. The molecule has 1 aliphatic rings. The summed E-state index contributed by atoms with van der Waals surface area (Å²) in [4.78, 5) is 16.2. The van der Waals surface area contributed by atoms with Gasteiger partial charge < -0.3 is 14.5 Å². The maximum absolute atomic E-state index is 12.1. The number of hydrogen-bond acceptors (Lipinski definition) is 3. The van der Waals surface area contributed by atoms with Crippen LogP contribution in [0.25, 0.3) is 0 Å². The minimum atomic E-state index is 0.0778. The summed E-state index contributed by atoms with van der Waals surface area (Å²) in [5.74, 6) is 0.886. The van der Waals surface area contributed by atoms with Crippen LogP contribution in [-0.4, -0.2) is 55.5 Å². The molecule has 1 saturated heterocycles. The Morgan fingerprint density at radius 3 is 2.58 bits per heavy atom. The Morgan fingerprint density at radius 2 is 1.89 bits per heavy atom. The summed E-state index contributed by atoms with van der Waals surface area (Å²) in [6.45, 7) is 7.67. The molecule has 1 aliphatic heterocycles. The third-order valence-corrected chi connectivity index (χ3v) is 3.76. The zero-order valence-corrected chi connectivity index (χ0v) is 12.0. The van der Waals surface area contributed by atoms with Crippen LogP contribution < -0.4 is 4.74 Å². The normalized spacial score (nSPS) is 16.5. The van der Waals surface area contributed by atoms with Crippen molar-refractivity contribution in [3.05, 3.63) is 29.3 Å². The van der Waals surface area contributed by atoms with Gasteiger partial charge in [0, 0.05) is 26.2 Å². The maximum atomic E-state index is 12.1. The van der Waals surface area contributed by atoms with Gasteiger partial charge in [0.15, 0.2) is 6.61 Å². The lowest BCUT2D eigenvalue weighted by molar-refractivity contribution is -0.134. The fourth-order valence-electron chi connectivity index (χ4n) is 2.17. The Hall–Kier alpha value is -1.55. The second-order valence-corrected chi connectivity index (χ2v) is 5.17. The van der Waals surface area contributed by atoms with Crippen molar-refractivity contribution in [2.24, 2.45) is 0 Å². The standard InChI is InChI=1S/C15H22N2O2/c1-12-5-4-6-14(13(12)2)19-11-15(18)17-9-7-16(3)8-10-17/h4-6H,7-11H2,1-3H3. The Morgan fingerprint density at radius 1 is 1.21 bits per heavy atom. The zero-order valence-electron chi connectivity index (χ0n) is 12.0. The minimum absolute atomic E-state index is 0.0778. The van der Waals surface area contributed by atoms with Crippen molar-refractivity contribution in [3.8, 4) is 5.75 Å². The van der Waals surface area contributed by atoms with Gasteiger partial charge in [-0.05, 0) is 38.1 Å². The highest BCUT2D eigenvalue weighted by Crippen LogP contribution is 2.20. The molecule has 0 unspecified atom stereocenters. The van der Waals surface area contributed by atoms with E-state index in [1.807, 2.05) is 36.9 Å². The Bertz CT molecular complexity index is 451. The van der Waals surface area contributed by atoms with Gasteiger partial charge in [-0.3, -0.25) is 4.79 Å². The highest BCUT2D eigenvalue weighted by atomic mass is 16.5. The quantitative estimate of drug-likeness (QED) is 0.826. The summed E-state index contributed by atoms with van der Waals surface area (Å²) in [6, 6.07) is 5.92. The van der Waals surface area contributed by atoms with Crippen LogP contribution in [0.15, 0.2) is 18.2 Å². The Labute approximate surface area is 115 Å². The van der Waals surface area contributed by atoms with Crippen LogP contribution in [0, 0.1) is 13.8 Å². The molecule has 0 atom stereocenters. The van der Waals surface area contributed by atoms with Crippen LogP contribution in [0.5, 0.6) is 5.75 Å². The first kappa shape index (κ1) is 13.9. The van der Waals surface area contributed by atoms with Gasteiger partial charge >= 0.3 is 0 Å². The number of ether oxygens (including phenoxy) is 1. The summed E-state index contributed by atoms with van der Waals surface area (Å²) in [5.41, 5.74) is 2.29. The fourth-order valence-corrected chi connectivity index (χ4v) is 2.17. The lowest BCUT2D eigenvalue weighted by Crippen LogP contribution is -2.48. The molecule has 1 fully saturated rings. The van der Waals surface area contributed by atoms with E-state index in [4.69, 9.17) is 4.74 Å². The SMILES string of the molecule is Cc1cccc(OCC(=O)N2CCN(C)CC2)c1C. The zero-order chi connectivity index (χ0) is 13.8. The highest BCUT2D eigenvalue weighted by Gasteiger charge is 2.19. The van der Waals surface area contributed by atoms with Crippen LogP contribution in [0.1, 0.15) is 11.1 Å². The number of benzene rings is 1. The van der Waals surface area contributed by atoms with E-state index in [2.05, 4.69) is 11.9 Å². The van der Waals surface area contributed by atoms with Crippen molar-refractivity contribution in [1.82, 2.24) is 9.80 Å². The molecule has 0 spiro atoms. The van der Waals surface area contributed by atoms with Gasteiger partial charge in [-0.15, -0.1) is 0 Å². The third-order valence-electron chi connectivity index (χ3n) is 3.76. The van der Waals surface area contributed by atoms with Crippen LogP contribution in [-0.2, 0) is 4.79 Å². The molecule has 0 N–H and O–H groups in total. The van der Waals surface area contributed by atoms with Crippen molar-refractivity contribution in [2.45, 2.75) is 13.8 Å². The molecule has 19 heavy (non-hydrogen) atoms. The van der Waals surface area contributed by atoms with E-state index in [1.54, 1.807) is 0 Å². The molecule has 104 valence electrons. The predicted octanol–water partition coefficient (Wildman–Crippen LogP) is 1.46. The molecule has 0 saturated carbocycles. The number of carbonyl (C=O) groups is 1. The van der Waals surface area contributed by atoms with Crippen LogP contribution in [0.4, 0.5) is 0 Å². The molecular weight excluding hydrogens is 240 g/mol. The van der Waals surface area contributed by atoms with E-state index in [9.17, 15) is 4.79 Å². The third kappa shape index (κ3) is 3.47.